The first-order valence-corrected chi connectivity index (χ1v) is 8.37. The van der Waals surface area contributed by atoms with Crippen molar-refractivity contribution in [2.45, 2.75) is 37.1 Å². The van der Waals surface area contributed by atoms with E-state index in [9.17, 15) is 12.8 Å². The van der Waals surface area contributed by atoms with Gasteiger partial charge < -0.3 is 5.73 Å². The summed E-state index contributed by atoms with van der Waals surface area (Å²) in [5.74, 6) is -0.565. The molecule has 0 amide bonds. The van der Waals surface area contributed by atoms with Gasteiger partial charge in [0.05, 0.1) is 10.2 Å². The summed E-state index contributed by atoms with van der Waals surface area (Å²) in [6.45, 7) is 2.39. The maximum atomic E-state index is 13.3. The van der Waals surface area contributed by atoms with E-state index in [2.05, 4.69) is 15.9 Å². The second kappa shape index (κ2) is 5.38. The van der Waals surface area contributed by atoms with Gasteiger partial charge in [0, 0.05) is 12.6 Å². The van der Waals surface area contributed by atoms with Crippen molar-refractivity contribution in [2.24, 2.45) is 0 Å². The standard InChI is InChI=1S/C12H16BrFN2O2S/c1-2-5-16(8-3-4-8)19(17,18)12-6-9(13)10(14)7-11(12)15/h6-8H,2-5,15H2,1H3. The molecule has 0 radical (unpaired) electrons. The SMILES string of the molecule is CCCN(C1CC1)S(=O)(=O)c1cc(Br)c(F)cc1N. The fourth-order valence-corrected chi connectivity index (χ4v) is 4.37. The van der Waals surface area contributed by atoms with Gasteiger partial charge in [-0.2, -0.15) is 4.31 Å². The Hall–Kier alpha value is -0.660. The fourth-order valence-electron chi connectivity index (χ4n) is 1.98. The van der Waals surface area contributed by atoms with Crippen LogP contribution < -0.4 is 5.73 Å². The number of nitrogen functional groups attached to an aromatic ring is 1. The third-order valence-electron chi connectivity index (χ3n) is 3.04. The number of sulfonamides is 1. The summed E-state index contributed by atoms with van der Waals surface area (Å²) in [6, 6.07) is 2.34. The number of hydrogen-bond acceptors (Lipinski definition) is 3. The van der Waals surface area contributed by atoms with Gasteiger partial charge in [0.2, 0.25) is 10.0 Å². The molecule has 2 rings (SSSR count). The number of benzene rings is 1. The van der Waals surface area contributed by atoms with Crippen molar-refractivity contribution in [1.29, 1.82) is 0 Å². The molecule has 19 heavy (non-hydrogen) atoms. The molecule has 106 valence electrons. The fraction of sp³-hybridized carbons (Fsp3) is 0.500. The number of nitrogens with zero attached hydrogens (tertiary/aromatic N) is 1. The Morgan fingerprint density at radius 1 is 1.47 bits per heavy atom. The first-order chi connectivity index (χ1) is 8.87. The summed E-state index contributed by atoms with van der Waals surface area (Å²) in [5, 5.41) is 0. The Bertz CT molecular complexity index is 588. The molecule has 1 fully saturated rings. The van der Waals surface area contributed by atoms with Gasteiger partial charge >= 0.3 is 0 Å². The van der Waals surface area contributed by atoms with Crippen molar-refractivity contribution in [3.63, 3.8) is 0 Å². The van der Waals surface area contributed by atoms with Crippen LogP contribution in [0.15, 0.2) is 21.5 Å². The summed E-state index contributed by atoms with van der Waals surface area (Å²) in [4.78, 5) is -0.0267. The van der Waals surface area contributed by atoms with Crippen molar-refractivity contribution in [2.75, 3.05) is 12.3 Å². The molecule has 2 N–H and O–H groups in total. The van der Waals surface area contributed by atoms with Crippen LogP contribution in [0.1, 0.15) is 26.2 Å². The van der Waals surface area contributed by atoms with Gasteiger partial charge in [-0.3, -0.25) is 0 Å². The zero-order valence-corrected chi connectivity index (χ0v) is 13.0. The van der Waals surface area contributed by atoms with Gasteiger partial charge in [-0.25, -0.2) is 12.8 Å². The van der Waals surface area contributed by atoms with Crippen LogP contribution in [0, 0.1) is 5.82 Å². The number of anilines is 1. The van der Waals surface area contributed by atoms with Gasteiger partial charge in [-0.15, -0.1) is 0 Å². The van der Waals surface area contributed by atoms with Crippen LogP contribution in [0.4, 0.5) is 10.1 Å². The van der Waals surface area contributed by atoms with Crippen LogP contribution in [-0.4, -0.2) is 25.3 Å². The van der Waals surface area contributed by atoms with Crippen LogP contribution in [0.25, 0.3) is 0 Å². The van der Waals surface area contributed by atoms with Crippen LogP contribution >= 0.6 is 15.9 Å². The van der Waals surface area contributed by atoms with Crippen LogP contribution in [0.2, 0.25) is 0 Å². The summed E-state index contributed by atoms with van der Waals surface area (Å²) < 4.78 is 40.1. The first kappa shape index (κ1) is 14.7. The van der Waals surface area contributed by atoms with Gasteiger partial charge in [0.1, 0.15) is 10.7 Å². The predicted octanol–water partition coefficient (Wildman–Crippen LogP) is 2.73. The zero-order valence-electron chi connectivity index (χ0n) is 10.6. The second-order valence-electron chi connectivity index (χ2n) is 4.65. The average Bonchev–Trinajstić information content (AvgIpc) is 3.14. The highest BCUT2D eigenvalue weighted by molar-refractivity contribution is 9.10. The average molecular weight is 351 g/mol. The van der Waals surface area contributed by atoms with Gasteiger partial charge in [0.25, 0.3) is 0 Å². The van der Waals surface area contributed by atoms with Crippen molar-refractivity contribution in [1.82, 2.24) is 4.31 Å². The lowest BCUT2D eigenvalue weighted by Crippen LogP contribution is -2.34. The quantitative estimate of drug-likeness (QED) is 0.830. The van der Waals surface area contributed by atoms with Crippen molar-refractivity contribution < 1.29 is 12.8 Å². The van der Waals surface area contributed by atoms with Crippen molar-refractivity contribution in [3.8, 4) is 0 Å². The highest BCUT2D eigenvalue weighted by Gasteiger charge is 2.38. The maximum absolute atomic E-state index is 13.3. The van der Waals surface area contributed by atoms with Crippen LogP contribution in [0.3, 0.4) is 0 Å². The highest BCUT2D eigenvalue weighted by Crippen LogP contribution is 2.35. The molecule has 1 aliphatic rings. The molecule has 1 saturated carbocycles. The Morgan fingerprint density at radius 2 is 2.11 bits per heavy atom. The number of hydrogen-bond donors (Lipinski definition) is 1. The highest BCUT2D eigenvalue weighted by atomic mass is 79.9. The maximum Gasteiger partial charge on any atom is 0.245 e. The molecule has 0 heterocycles. The minimum absolute atomic E-state index is 0.0267. The minimum Gasteiger partial charge on any atom is -0.398 e. The summed E-state index contributed by atoms with van der Waals surface area (Å²) in [5.41, 5.74) is 5.61. The topological polar surface area (TPSA) is 63.4 Å². The molecule has 1 aromatic carbocycles. The lowest BCUT2D eigenvalue weighted by atomic mass is 10.3. The van der Waals surface area contributed by atoms with E-state index in [1.54, 1.807) is 0 Å². The van der Waals surface area contributed by atoms with Crippen LogP contribution in [0.5, 0.6) is 0 Å². The van der Waals surface area contributed by atoms with E-state index in [0.29, 0.717) is 6.54 Å². The van der Waals surface area contributed by atoms with E-state index in [4.69, 9.17) is 5.73 Å². The van der Waals surface area contributed by atoms with E-state index >= 15 is 0 Å². The Balaban J connectivity index is 2.46. The molecular weight excluding hydrogens is 335 g/mol. The number of rotatable bonds is 5. The summed E-state index contributed by atoms with van der Waals surface area (Å²) >= 11 is 3.00. The lowest BCUT2D eigenvalue weighted by Gasteiger charge is -2.22. The van der Waals surface area contributed by atoms with Crippen LogP contribution in [-0.2, 0) is 10.0 Å². The van der Waals surface area contributed by atoms with E-state index in [1.807, 2.05) is 6.92 Å². The van der Waals surface area contributed by atoms with Crippen molar-refractivity contribution in [3.05, 3.63) is 22.4 Å². The van der Waals surface area contributed by atoms with Gasteiger partial charge in [0.15, 0.2) is 0 Å². The molecule has 0 bridgehead atoms. The normalized spacial score (nSPS) is 16.0. The molecule has 1 aliphatic carbocycles. The molecule has 0 saturated heterocycles. The second-order valence-corrected chi connectivity index (χ2v) is 7.36. The van der Waals surface area contributed by atoms with Crippen molar-refractivity contribution >= 4 is 31.6 Å². The van der Waals surface area contributed by atoms with Gasteiger partial charge in [-0.1, -0.05) is 6.92 Å². The molecule has 1 aromatic rings. The minimum atomic E-state index is -3.66. The van der Waals surface area contributed by atoms with E-state index in [1.165, 1.54) is 10.4 Å². The molecule has 7 heteroatoms. The molecule has 0 spiro atoms. The Morgan fingerprint density at radius 3 is 2.63 bits per heavy atom. The molecule has 0 aliphatic heterocycles. The number of nitrogens with two attached hydrogens (primary N) is 1. The predicted molar refractivity (Wildman–Crippen MR) is 75.7 cm³/mol. The largest absolute Gasteiger partial charge is 0.398 e. The third kappa shape index (κ3) is 2.93. The Labute approximate surface area is 121 Å². The van der Waals surface area contributed by atoms with Gasteiger partial charge in [-0.05, 0) is 47.3 Å². The van der Waals surface area contributed by atoms with E-state index in [0.717, 1.165) is 25.3 Å². The molecule has 4 nitrogen and oxygen atoms in total. The molecule has 0 unspecified atom stereocenters. The smallest absolute Gasteiger partial charge is 0.245 e. The molecule has 0 atom stereocenters. The third-order valence-corrected chi connectivity index (χ3v) is 5.65. The summed E-state index contributed by atoms with van der Waals surface area (Å²) in [6.07, 6.45) is 2.49. The number of halogens is 2. The van der Waals surface area contributed by atoms with E-state index in [-0.39, 0.29) is 21.1 Å². The molecular formula is C12H16BrFN2O2S. The summed E-state index contributed by atoms with van der Waals surface area (Å²) in [7, 11) is -3.66. The van der Waals surface area contributed by atoms with E-state index < -0.39 is 15.8 Å². The monoisotopic (exact) mass is 350 g/mol. The zero-order chi connectivity index (χ0) is 14.2. The first-order valence-electron chi connectivity index (χ1n) is 6.14. The molecule has 0 aromatic heterocycles. The Kier molecular flexibility index (Phi) is 4.17. The lowest BCUT2D eigenvalue weighted by molar-refractivity contribution is 0.403.